The molecule has 2 rings (SSSR count). The minimum Gasteiger partial charge on any atom is -0.496 e. The first-order valence-electron chi connectivity index (χ1n) is 6.18. The molecule has 0 aliphatic rings. The fourth-order valence-electron chi connectivity index (χ4n) is 2.04. The summed E-state index contributed by atoms with van der Waals surface area (Å²) in [5.41, 5.74) is 3.09. The Hall–Kier alpha value is -1.82. The normalized spacial score (nSPS) is 10.6. The second-order valence-electron chi connectivity index (χ2n) is 4.31. The summed E-state index contributed by atoms with van der Waals surface area (Å²) in [6.07, 6.45) is 0.768. The van der Waals surface area contributed by atoms with Crippen LogP contribution in [0.5, 0.6) is 5.75 Å². The zero-order valence-corrected chi connectivity index (χ0v) is 12.8. The Kier molecular flexibility index (Phi) is 4.44. The predicted molar refractivity (Wildman–Crippen MR) is 79.0 cm³/mol. The van der Waals surface area contributed by atoms with Gasteiger partial charge in [0.2, 0.25) is 0 Å². The van der Waals surface area contributed by atoms with Gasteiger partial charge in [-0.25, -0.2) is 4.98 Å². The van der Waals surface area contributed by atoms with Crippen LogP contribution >= 0.6 is 15.9 Å². The number of aryl methyl sites for hydroxylation is 1. The first-order chi connectivity index (χ1) is 9.55. The van der Waals surface area contributed by atoms with Crippen LogP contribution < -0.4 is 4.74 Å². The molecule has 1 aromatic carbocycles. The molecule has 2 N–H and O–H groups in total. The third-order valence-electron chi connectivity index (χ3n) is 3.01. The molecule has 1 aromatic heterocycles. The molecule has 2 aromatic rings. The number of rotatable bonds is 5. The SMILES string of the molecule is CCc1ccc(OC)c(-c2nc(Br)[nH]c2CC(=O)O)c1. The lowest BCUT2D eigenvalue weighted by Crippen LogP contribution is -2.02. The van der Waals surface area contributed by atoms with E-state index in [0.29, 0.717) is 21.9 Å². The van der Waals surface area contributed by atoms with Gasteiger partial charge < -0.3 is 14.8 Å². The second kappa shape index (κ2) is 6.09. The van der Waals surface area contributed by atoms with E-state index in [4.69, 9.17) is 9.84 Å². The summed E-state index contributed by atoms with van der Waals surface area (Å²) in [5, 5.41) is 8.98. The van der Waals surface area contributed by atoms with Crippen LogP contribution in [0.4, 0.5) is 0 Å². The Labute approximate surface area is 125 Å². The Morgan fingerprint density at radius 2 is 2.25 bits per heavy atom. The monoisotopic (exact) mass is 338 g/mol. The minimum atomic E-state index is -0.909. The maximum absolute atomic E-state index is 10.9. The van der Waals surface area contributed by atoms with Gasteiger partial charge in [0.25, 0.3) is 0 Å². The molecule has 5 nitrogen and oxygen atoms in total. The lowest BCUT2D eigenvalue weighted by Gasteiger charge is -2.09. The molecular formula is C14H15BrN2O3. The topological polar surface area (TPSA) is 75.2 Å². The largest absolute Gasteiger partial charge is 0.496 e. The Morgan fingerprint density at radius 3 is 2.85 bits per heavy atom. The second-order valence-corrected chi connectivity index (χ2v) is 5.06. The number of carboxylic acid groups (broad SMARTS) is 1. The van der Waals surface area contributed by atoms with Crippen LogP contribution in [0.2, 0.25) is 0 Å². The first-order valence-corrected chi connectivity index (χ1v) is 6.98. The number of halogens is 1. The van der Waals surface area contributed by atoms with Gasteiger partial charge in [-0.15, -0.1) is 0 Å². The molecular weight excluding hydrogens is 324 g/mol. The molecule has 0 aliphatic heterocycles. The van der Waals surface area contributed by atoms with Gasteiger partial charge in [-0.2, -0.15) is 0 Å². The highest BCUT2D eigenvalue weighted by molar-refractivity contribution is 9.10. The van der Waals surface area contributed by atoms with Crippen molar-refractivity contribution in [1.82, 2.24) is 9.97 Å². The molecule has 0 bridgehead atoms. The van der Waals surface area contributed by atoms with Crippen molar-refractivity contribution in [2.75, 3.05) is 7.11 Å². The standard InChI is InChI=1S/C14H15BrN2O3/c1-3-8-4-5-11(20-2)9(6-8)13-10(7-12(18)19)16-14(15)17-13/h4-6H,3,7H2,1-2H3,(H,16,17)(H,18,19). The molecule has 0 saturated heterocycles. The third kappa shape index (κ3) is 3.01. The summed E-state index contributed by atoms with van der Waals surface area (Å²) < 4.78 is 5.86. The average molecular weight is 339 g/mol. The number of H-pyrrole nitrogens is 1. The molecule has 0 aliphatic carbocycles. The highest BCUT2D eigenvalue weighted by Crippen LogP contribution is 2.33. The number of aromatic nitrogens is 2. The predicted octanol–water partition coefficient (Wildman–Crippen LogP) is 3.04. The first kappa shape index (κ1) is 14.6. The summed E-state index contributed by atoms with van der Waals surface area (Å²) in [4.78, 5) is 18.2. The van der Waals surface area contributed by atoms with Gasteiger partial charge in [0.15, 0.2) is 4.73 Å². The van der Waals surface area contributed by atoms with Gasteiger partial charge in [-0.1, -0.05) is 13.0 Å². The highest BCUT2D eigenvalue weighted by atomic mass is 79.9. The fraction of sp³-hybridized carbons (Fsp3) is 0.286. The van der Waals surface area contributed by atoms with Crippen molar-refractivity contribution in [2.24, 2.45) is 0 Å². The molecule has 20 heavy (non-hydrogen) atoms. The molecule has 1 heterocycles. The van der Waals surface area contributed by atoms with Gasteiger partial charge in [-0.05, 0) is 40.0 Å². The van der Waals surface area contributed by atoms with E-state index in [9.17, 15) is 4.79 Å². The number of imidazole rings is 1. The number of hydrogen-bond acceptors (Lipinski definition) is 3. The Morgan fingerprint density at radius 1 is 1.50 bits per heavy atom. The van der Waals surface area contributed by atoms with E-state index in [2.05, 4.69) is 32.8 Å². The van der Waals surface area contributed by atoms with Gasteiger partial charge in [0.05, 0.1) is 24.9 Å². The quantitative estimate of drug-likeness (QED) is 0.878. The summed E-state index contributed by atoms with van der Waals surface area (Å²) in [6.45, 7) is 2.06. The number of carboxylic acids is 1. The van der Waals surface area contributed by atoms with Gasteiger partial charge in [-0.3, -0.25) is 4.79 Å². The maximum atomic E-state index is 10.9. The van der Waals surface area contributed by atoms with E-state index in [1.54, 1.807) is 7.11 Å². The average Bonchev–Trinajstić information content (AvgIpc) is 2.77. The number of ether oxygens (including phenoxy) is 1. The van der Waals surface area contributed by atoms with E-state index >= 15 is 0 Å². The van der Waals surface area contributed by atoms with Crippen LogP contribution in [0.15, 0.2) is 22.9 Å². The van der Waals surface area contributed by atoms with Crippen LogP contribution in [0, 0.1) is 0 Å². The molecule has 0 atom stereocenters. The van der Waals surface area contributed by atoms with E-state index in [1.165, 1.54) is 0 Å². The van der Waals surface area contributed by atoms with Gasteiger partial charge in [0.1, 0.15) is 5.75 Å². The smallest absolute Gasteiger partial charge is 0.309 e. The van der Waals surface area contributed by atoms with Crippen LogP contribution in [0.3, 0.4) is 0 Å². The number of benzene rings is 1. The molecule has 6 heteroatoms. The molecule has 0 fully saturated rings. The van der Waals surface area contributed by atoms with Crippen molar-refractivity contribution in [3.05, 3.63) is 34.2 Å². The molecule has 106 valence electrons. The number of hydrogen-bond donors (Lipinski definition) is 2. The Balaban J connectivity index is 2.57. The summed E-state index contributed by atoms with van der Waals surface area (Å²) in [7, 11) is 1.59. The molecule has 0 unspecified atom stereocenters. The van der Waals surface area contributed by atoms with Crippen molar-refractivity contribution in [3.63, 3.8) is 0 Å². The number of methoxy groups -OCH3 is 1. The van der Waals surface area contributed by atoms with Crippen LogP contribution in [0.25, 0.3) is 11.3 Å². The van der Waals surface area contributed by atoms with Crippen molar-refractivity contribution in [1.29, 1.82) is 0 Å². The molecule has 0 spiro atoms. The number of aromatic amines is 1. The van der Waals surface area contributed by atoms with E-state index in [1.807, 2.05) is 18.2 Å². The lowest BCUT2D eigenvalue weighted by atomic mass is 10.0. The summed E-state index contributed by atoms with van der Waals surface area (Å²) in [6, 6.07) is 5.84. The highest BCUT2D eigenvalue weighted by Gasteiger charge is 2.17. The van der Waals surface area contributed by atoms with Gasteiger partial charge in [0, 0.05) is 5.56 Å². The fourth-order valence-corrected chi connectivity index (χ4v) is 2.46. The van der Waals surface area contributed by atoms with E-state index < -0.39 is 5.97 Å². The van der Waals surface area contributed by atoms with Crippen LogP contribution in [-0.2, 0) is 17.6 Å². The number of aliphatic carboxylic acids is 1. The molecule has 0 radical (unpaired) electrons. The van der Waals surface area contributed by atoms with Crippen LogP contribution in [-0.4, -0.2) is 28.2 Å². The van der Waals surface area contributed by atoms with Crippen molar-refractivity contribution >= 4 is 21.9 Å². The minimum absolute atomic E-state index is 0.118. The molecule has 0 saturated carbocycles. The Bertz CT molecular complexity index is 637. The zero-order valence-electron chi connectivity index (χ0n) is 11.2. The van der Waals surface area contributed by atoms with Crippen molar-refractivity contribution in [3.8, 4) is 17.0 Å². The van der Waals surface area contributed by atoms with E-state index in [-0.39, 0.29) is 6.42 Å². The third-order valence-corrected chi connectivity index (χ3v) is 3.38. The maximum Gasteiger partial charge on any atom is 0.309 e. The van der Waals surface area contributed by atoms with Gasteiger partial charge >= 0.3 is 5.97 Å². The lowest BCUT2D eigenvalue weighted by molar-refractivity contribution is -0.136. The van der Waals surface area contributed by atoms with Crippen molar-refractivity contribution < 1.29 is 14.6 Å². The zero-order chi connectivity index (χ0) is 14.7. The van der Waals surface area contributed by atoms with Crippen LogP contribution in [0.1, 0.15) is 18.2 Å². The van der Waals surface area contributed by atoms with E-state index in [0.717, 1.165) is 17.5 Å². The summed E-state index contributed by atoms with van der Waals surface area (Å²) in [5.74, 6) is -0.235. The molecule has 0 amide bonds. The number of nitrogens with zero attached hydrogens (tertiary/aromatic N) is 1. The summed E-state index contributed by atoms with van der Waals surface area (Å²) >= 11 is 3.25. The van der Waals surface area contributed by atoms with Crippen molar-refractivity contribution in [2.45, 2.75) is 19.8 Å². The number of nitrogens with one attached hydrogen (secondary N) is 1. The number of carbonyl (C=O) groups is 1.